The van der Waals surface area contributed by atoms with Crippen molar-refractivity contribution in [3.05, 3.63) is 34.3 Å². The Kier molecular flexibility index (Phi) is 4.11. The first-order valence-electron chi connectivity index (χ1n) is 9.12. The fourth-order valence-electron chi connectivity index (χ4n) is 5.91. The Balaban J connectivity index is 1.46. The van der Waals surface area contributed by atoms with Gasteiger partial charge in [0.05, 0.1) is 0 Å². The summed E-state index contributed by atoms with van der Waals surface area (Å²) in [4.78, 5) is 0. The summed E-state index contributed by atoms with van der Waals surface area (Å²) in [5, 5.41) is 3.89. The minimum absolute atomic E-state index is 0.588. The Morgan fingerprint density at radius 1 is 1.27 bits per heavy atom. The number of rotatable bonds is 4. The third-order valence-electron chi connectivity index (χ3n) is 6.97. The second-order valence-electron chi connectivity index (χ2n) is 8.25. The highest BCUT2D eigenvalue weighted by Crippen LogP contribution is 2.59. The van der Waals surface area contributed by atoms with Crippen LogP contribution in [0, 0.1) is 23.2 Å². The van der Waals surface area contributed by atoms with Gasteiger partial charge < -0.3 is 5.32 Å². The SMILES string of the molecule is CC(NCc1cccc(Br)c1)C12CCCC3CC(CC3C1)C2. The van der Waals surface area contributed by atoms with Crippen molar-refractivity contribution < 1.29 is 0 Å². The molecule has 0 radical (unpaired) electrons. The fourth-order valence-corrected chi connectivity index (χ4v) is 6.36. The van der Waals surface area contributed by atoms with Crippen LogP contribution in [0.1, 0.15) is 57.4 Å². The van der Waals surface area contributed by atoms with Gasteiger partial charge in [0, 0.05) is 17.1 Å². The summed E-state index contributed by atoms with van der Waals surface area (Å²) in [6.45, 7) is 3.46. The lowest BCUT2D eigenvalue weighted by Gasteiger charge is -2.45. The molecule has 1 aromatic carbocycles. The summed E-state index contributed by atoms with van der Waals surface area (Å²) < 4.78 is 1.19. The second-order valence-corrected chi connectivity index (χ2v) is 9.17. The Bertz CT molecular complexity index is 542. The normalized spacial score (nSPS) is 38.0. The number of halogens is 1. The maximum Gasteiger partial charge on any atom is 0.0208 e. The average molecular weight is 362 g/mol. The van der Waals surface area contributed by atoms with Gasteiger partial charge in [-0.1, -0.05) is 40.9 Å². The van der Waals surface area contributed by atoms with E-state index in [0.29, 0.717) is 11.5 Å². The molecule has 0 spiro atoms. The largest absolute Gasteiger partial charge is 0.310 e. The third-order valence-corrected chi connectivity index (χ3v) is 7.47. The Morgan fingerprint density at radius 3 is 3.00 bits per heavy atom. The van der Waals surface area contributed by atoms with E-state index in [4.69, 9.17) is 0 Å². The van der Waals surface area contributed by atoms with Crippen LogP contribution in [0.15, 0.2) is 28.7 Å². The van der Waals surface area contributed by atoms with Crippen molar-refractivity contribution in [2.75, 3.05) is 0 Å². The molecule has 4 rings (SSSR count). The van der Waals surface area contributed by atoms with Crippen LogP contribution in [0.2, 0.25) is 0 Å². The first-order chi connectivity index (χ1) is 10.6. The average Bonchev–Trinajstić information content (AvgIpc) is 2.71. The molecule has 0 aliphatic heterocycles. The minimum atomic E-state index is 0.588. The quantitative estimate of drug-likeness (QED) is 0.742. The Hall–Kier alpha value is -0.340. The van der Waals surface area contributed by atoms with E-state index in [1.807, 2.05) is 0 Å². The topological polar surface area (TPSA) is 12.0 Å². The van der Waals surface area contributed by atoms with E-state index in [9.17, 15) is 0 Å². The molecule has 3 aliphatic rings. The van der Waals surface area contributed by atoms with E-state index in [0.717, 1.165) is 24.3 Å². The van der Waals surface area contributed by atoms with Gasteiger partial charge in [-0.2, -0.15) is 0 Å². The van der Waals surface area contributed by atoms with E-state index in [1.165, 1.54) is 42.1 Å². The first-order valence-corrected chi connectivity index (χ1v) is 9.92. The zero-order valence-electron chi connectivity index (χ0n) is 13.7. The van der Waals surface area contributed by atoms with Crippen LogP contribution >= 0.6 is 15.9 Å². The molecule has 0 amide bonds. The lowest BCUT2D eigenvalue weighted by Crippen LogP contribution is -2.46. The van der Waals surface area contributed by atoms with E-state index in [2.05, 4.69) is 52.4 Å². The van der Waals surface area contributed by atoms with Gasteiger partial charge >= 0.3 is 0 Å². The van der Waals surface area contributed by atoms with E-state index in [-0.39, 0.29) is 0 Å². The molecule has 1 N–H and O–H groups in total. The Morgan fingerprint density at radius 2 is 2.14 bits per heavy atom. The van der Waals surface area contributed by atoms with Crippen molar-refractivity contribution in [3.63, 3.8) is 0 Å². The van der Waals surface area contributed by atoms with E-state index in [1.54, 1.807) is 12.8 Å². The highest BCUT2D eigenvalue weighted by atomic mass is 79.9. The van der Waals surface area contributed by atoms with Crippen LogP contribution < -0.4 is 5.32 Å². The van der Waals surface area contributed by atoms with Crippen molar-refractivity contribution in [2.24, 2.45) is 23.2 Å². The van der Waals surface area contributed by atoms with Crippen LogP contribution in [0.3, 0.4) is 0 Å². The predicted molar refractivity (Wildman–Crippen MR) is 95.7 cm³/mol. The van der Waals surface area contributed by atoms with Gasteiger partial charge in [0.15, 0.2) is 0 Å². The second kappa shape index (κ2) is 5.94. The lowest BCUT2D eigenvalue weighted by atomic mass is 9.63. The zero-order chi connectivity index (χ0) is 15.2. The minimum Gasteiger partial charge on any atom is -0.310 e. The first kappa shape index (κ1) is 15.2. The monoisotopic (exact) mass is 361 g/mol. The van der Waals surface area contributed by atoms with Crippen molar-refractivity contribution in [1.29, 1.82) is 0 Å². The molecule has 5 atom stereocenters. The summed E-state index contributed by atoms with van der Waals surface area (Å²) in [5.41, 5.74) is 1.98. The van der Waals surface area contributed by atoms with Crippen LogP contribution in [0.4, 0.5) is 0 Å². The van der Waals surface area contributed by atoms with Crippen LogP contribution in [0.5, 0.6) is 0 Å². The number of hydrogen-bond donors (Lipinski definition) is 1. The molecule has 0 saturated heterocycles. The molecule has 1 nitrogen and oxygen atoms in total. The number of hydrogen-bond acceptors (Lipinski definition) is 1. The molecule has 1 aromatic rings. The molecule has 2 heteroatoms. The zero-order valence-corrected chi connectivity index (χ0v) is 15.2. The highest BCUT2D eigenvalue weighted by molar-refractivity contribution is 9.10. The molecule has 3 fully saturated rings. The van der Waals surface area contributed by atoms with Gasteiger partial charge in [0.1, 0.15) is 0 Å². The molecule has 5 unspecified atom stereocenters. The van der Waals surface area contributed by atoms with Crippen molar-refractivity contribution in [1.82, 2.24) is 5.32 Å². The summed E-state index contributed by atoms with van der Waals surface area (Å²) >= 11 is 3.58. The Labute approximate surface area is 143 Å². The number of benzene rings is 1. The van der Waals surface area contributed by atoms with Crippen molar-refractivity contribution in [2.45, 2.75) is 64.5 Å². The maximum atomic E-state index is 3.89. The summed E-state index contributed by atoms with van der Waals surface area (Å²) in [5.74, 6) is 3.17. The standard InChI is InChI=1S/C20H28BrN/c1-14(22-13-15-4-2-6-19(21)10-15)20-7-3-5-17-8-16(11-20)9-18(17)12-20/h2,4,6,10,14,16-18,22H,3,5,7-9,11-13H2,1H3. The van der Waals surface area contributed by atoms with Gasteiger partial charge in [-0.05, 0) is 79.9 Å². The molecule has 120 valence electrons. The molecule has 0 heterocycles. The van der Waals surface area contributed by atoms with Gasteiger partial charge in [-0.25, -0.2) is 0 Å². The molecule has 22 heavy (non-hydrogen) atoms. The van der Waals surface area contributed by atoms with Crippen LogP contribution in [0.25, 0.3) is 0 Å². The lowest BCUT2D eigenvalue weighted by molar-refractivity contribution is 0.0797. The summed E-state index contributed by atoms with van der Waals surface area (Å²) in [7, 11) is 0. The summed E-state index contributed by atoms with van der Waals surface area (Å²) in [6, 6.07) is 9.37. The smallest absolute Gasteiger partial charge is 0.0208 e. The predicted octanol–water partition coefficient (Wildman–Crippen LogP) is 5.53. The number of nitrogens with one attached hydrogen (secondary N) is 1. The molecular formula is C20H28BrN. The fraction of sp³-hybridized carbons (Fsp3) is 0.700. The molecule has 3 saturated carbocycles. The van der Waals surface area contributed by atoms with Crippen molar-refractivity contribution in [3.8, 4) is 0 Å². The maximum absolute atomic E-state index is 3.89. The van der Waals surface area contributed by atoms with Gasteiger partial charge in [-0.15, -0.1) is 0 Å². The third kappa shape index (κ3) is 2.78. The molecule has 3 aliphatic carbocycles. The van der Waals surface area contributed by atoms with E-state index >= 15 is 0 Å². The highest BCUT2D eigenvalue weighted by Gasteiger charge is 2.51. The molecule has 0 aromatic heterocycles. The number of fused-ring (bicyclic) bond motifs is 2. The summed E-state index contributed by atoms with van der Waals surface area (Å²) in [6.07, 6.45) is 10.5. The van der Waals surface area contributed by atoms with Gasteiger partial charge in [0.25, 0.3) is 0 Å². The molecular weight excluding hydrogens is 334 g/mol. The molecule has 3 bridgehead atoms. The van der Waals surface area contributed by atoms with Crippen molar-refractivity contribution >= 4 is 15.9 Å². The van der Waals surface area contributed by atoms with E-state index < -0.39 is 0 Å². The van der Waals surface area contributed by atoms with Gasteiger partial charge in [-0.3, -0.25) is 0 Å². The van der Waals surface area contributed by atoms with Crippen LogP contribution in [-0.2, 0) is 6.54 Å². The van der Waals surface area contributed by atoms with Gasteiger partial charge in [0.2, 0.25) is 0 Å². The van der Waals surface area contributed by atoms with Crippen LogP contribution in [-0.4, -0.2) is 6.04 Å².